The Hall–Kier alpha value is -1.85. The van der Waals surface area contributed by atoms with E-state index in [1.54, 1.807) is 0 Å². The van der Waals surface area contributed by atoms with Crippen LogP contribution in [-0.2, 0) is 28.6 Å². The Morgan fingerprint density at radius 1 is 0.268 bits per heavy atom. The summed E-state index contributed by atoms with van der Waals surface area (Å²) in [5, 5.41) is 0. The first-order chi connectivity index (χ1) is 35.0. The van der Waals surface area contributed by atoms with E-state index in [9.17, 15) is 14.4 Å². The highest BCUT2D eigenvalue weighted by Gasteiger charge is 2.19. The lowest BCUT2D eigenvalue weighted by molar-refractivity contribution is -0.167. The van der Waals surface area contributed by atoms with Gasteiger partial charge in [0.15, 0.2) is 6.10 Å². The summed E-state index contributed by atoms with van der Waals surface area (Å²) in [4.78, 5) is 38.3. The summed E-state index contributed by atoms with van der Waals surface area (Å²) in [6.45, 7) is 6.72. The van der Waals surface area contributed by atoms with Crippen molar-refractivity contribution in [2.24, 2.45) is 0 Å². The molecule has 0 aliphatic rings. The van der Waals surface area contributed by atoms with E-state index in [-0.39, 0.29) is 31.1 Å². The summed E-state index contributed by atoms with van der Waals surface area (Å²) in [6.07, 6.45) is 70.7. The molecule has 0 heterocycles. The molecule has 6 heteroatoms. The zero-order chi connectivity index (χ0) is 51.4. The molecule has 6 nitrogen and oxygen atoms in total. The highest BCUT2D eigenvalue weighted by molar-refractivity contribution is 5.71. The van der Waals surface area contributed by atoms with Gasteiger partial charge in [0, 0.05) is 19.3 Å². The van der Waals surface area contributed by atoms with E-state index in [0.29, 0.717) is 19.3 Å². The second-order valence-corrected chi connectivity index (χ2v) is 22.0. The van der Waals surface area contributed by atoms with Gasteiger partial charge in [-0.2, -0.15) is 0 Å². The van der Waals surface area contributed by atoms with Gasteiger partial charge < -0.3 is 14.2 Å². The number of unbranched alkanes of at least 4 members (excludes halogenated alkanes) is 47. The maximum Gasteiger partial charge on any atom is 0.306 e. The predicted octanol–water partition coefficient (Wildman–Crippen LogP) is 21.7. The SMILES string of the molecule is CCCCCCCCC/C=C\CCCCCCCCCC(=O)OCC(COC(=O)CCCCCCCCCCCCCCCCCCC)OC(=O)CCCCCCCCCCCCCCCCCCCC. The molecule has 1 unspecified atom stereocenters. The molecule has 0 aliphatic heterocycles. The van der Waals surface area contributed by atoms with Gasteiger partial charge in [-0.3, -0.25) is 14.4 Å². The van der Waals surface area contributed by atoms with E-state index in [2.05, 4.69) is 32.9 Å². The molecule has 0 rings (SSSR count). The number of esters is 3. The highest BCUT2D eigenvalue weighted by Crippen LogP contribution is 2.18. The second kappa shape index (κ2) is 60.7. The molecule has 0 fully saturated rings. The van der Waals surface area contributed by atoms with Crippen molar-refractivity contribution >= 4 is 17.9 Å². The number of allylic oxidation sites excluding steroid dienone is 2. The maximum absolute atomic E-state index is 12.9. The van der Waals surface area contributed by atoms with E-state index in [4.69, 9.17) is 14.2 Å². The molecular formula is C65H124O6. The van der Waals surface area contributed by atoms with Gasteiger partial charge in [0.25, 0.3) is 0 Å². The minimum absolute atomic E-state index is 0.0646. The fraction of sp³-hybridized carbons (Fsp3) is 0.923. The van der Waals surface area contributed by atoms with Gasteiger partial charge >= 0.3 is 17.9 Å². The Morgan fingerprint density at radius 3 is 0.704 bits per heavy atom. The van der Waals surface area contributed by atoms with E-state index in [1.807, 2.05) is 0 Å². The Labute approximate surface area is 443 Å². The van der Waals surface area contributed by atoms with E-state index in [1.165, 1.54) is 270 Å². The quantitative estimate of drug-likeness (QED) is 0.0261. The number of ether oxygens (including phenoxy) is 3. The van der Waals surface area contributed by atoms with Crippen LogP contribution in [0.15, 0.2) is 12.2 Å². The minimum Gasteiger partial charge on any atom is -0.462 e. The maximum atomic E-state index is 12.9. The van der Waals surface area contributed by atoms with Crippen molar-refractivity contribution < 1.29 is 28.6 Å². The average Bonchev–Trinajstić information content (AvgIpc) is 3.37. The topological polar surface area (TPSA) is 78.9 Å². The molecule has 1 atom stereocenters. The van der Waals surface area contributed by atoms with Crippen molar-refractivity contribution in [2.75, 3.05) is 13.2 Å². The lowest BCUT2D eigenvalue weighted by Crippen LogP contribution is -2.30. The van der Waals surface area contributed by atoms with Crippen molar-refractivity contribution in [3.05, 3.63) is 12.2 Å². The third kappa shape index (κ3) is 58.9. The van der Waals surface area contributed by atoms with Crippen molar-refractivity contribution in [1.29, 1.82) is 0 Å². The first-order valence-corrected chi connectivity index (χ1v) is 32.2. The van der Waals surface area contributed by atoms with Crippen molar-refractivity contribution in [1.82, 2.24) is 0 Å². The fourth-order valence-electron chi connectivity index (χ4n) is 9.91. The lowest BCUT2D eigenvalue weighted by Gasteiger charge is -2.18. The van der Waals surface area contributed by atoms with Crippen LogP contribution >= 0.6 is 0 Å². The molecule has 0 bridgehead atoms. The Bertz CT molecular complexity index is 1100. The van der Waals surface area contributed by atoms with Crippen LogP contribution in [0.2, 0.25) is 0 Å². The van der Waals surface area contributed by atoms with E-state index >= 15 is 0 Å². The zero-order valence-corrected chi connectivity index (χ0v) is 48.3. The molecule has 0 radical (unpaired) electrons. The summed E-state index contributed by atoms with van der Waals surface area (Å²) in [6, 6.07) is 0. The minimum atomic E-state index is -0.767. The van der Waals surface area contributed by atoms with Crippen LogP contribution in [0.4, 0.5) is 0 Å². The Balaban J connectivity index is 4.31. The van der Waals surface area contributed by atoms with E-state index in [0.717, 1.165) is 57.8 Å². The van der Waals surface area contributed by atoms with Gasteiger partial charge in [-0.25, -0.2) is 0 Å². The van der Waals surface area contributed by atoms with Crippen LogP contribution in [0.3, 0.4) is 0 Å². The number of rotatable bonds is 60. The van der Waals surface area contributed by atoms with Crippen LogP contribution < -0.4 is 0 Å². The molecule has 420 valence electrons. The van der Waals surface area contributed by atoms with Crippen LogP contribution in [0, 0.1) is 0 Å². The van der Waals surface area contributed by atoms with Crippen molar-refractivity contribution in [3.8, 4) is 0 Å². The van der Waals surface area contributed by atoms with Crippen LogP contribution in [-0.4, -0.2) is 37.2 Å². The first kappa shape index (κ1) is 69.2. The Morgan fingerprint density at radius 2 is 0.465 bits per heavy atom. The Kier molecular flexibility index (Phi) is 59.1. The first-order valence-electron chi connectivity index (χ1n) is 32.2. The predicted molar refractivity (Wildman–Crippen MR) is 307 cm³/mol. The summed E-state index contributed by atoms with van der Waals surface area (Å²) < 4.78 is 17.0. The second-order valence-electron chi connectivity index (χ2n) is 22.0. The molecule has 71 heavy (non-hydrogen) atoms. The summed E-state index contributed by atoms with van der Waals surface area (Å²) in [5.74, 6) is -0.837. The van der Waals surface area contributed by atoms with Gasteiger partial charge in [-0.1, -0.05) is 315 Å². The summed E-state index contributed by atoms with van der Waals surface area (Å²) >= 11 is 0. The summed E-state index contributed by atoms with van der Waals surface area (Å²) in [7, 11) is 0. The lowest BCUT2D eigenvalue weighted by atomic mass is 10.0. The summed E-state index contributed by atoms with van der Waals surface area (Å²) in [5.41, 5.74) is 0. The van der Waals surface area contributed by atoms with Crippen LogP contribution in [0.25, 0.3) is 0 Å². The molecule has 0 aromatic heterocycles. The smallest absolute Gasteiger partial charge is 0.306 e. The van der Waals surface area contributed by atoms with Crippen LogP contribution in [0.5, 0.6) is 0 Å². The van der Waals surface area contributed by atoms with Gasteiger partial charge in [-0.15, -0.1) is 0 Å². The van der Waals surface area contributed by atoms with Crippen LogP contribution in [0.1, 0.15) is 367 Å². The molecule has 0 spiro atoms. The van der Waals surface area contributed by atoms with E-state index < -0.39 is 6.10 Å². The van der Waals surface area contributed by atoms with Crippen molar-refractivity contribution in [3.63, 3.8) is 0 Å². The standard InChI is InChI=1S/C65H124O6/c1-4-7-10-13-16-19-22-25-28-31-34-37-40-43-46-49-52-55-58-64(67)70-61-62(60-69-63(66)57-54-51-48-45-42-39-36-33-30-27-24-21-18-15-12-9-6-3)71-65(68)59-56-53-50-47-44-41-38-35-32-29-26-23-20-17-14-11-8-5-2/h28,31,62H,4-27,29-30,32-61H2,1-3H3/b31-28-. The molecule has 0 aliphatic carbocycles. The van der Waals surface area contributed by atoms with Crippen molar-refractivity contribution in [2.45, 2.75) is 374 Å². The molecule has 0 aromatic carbocycles. The number of hydrogen-bond donors (Lipinski definition) is 0. The molecule has 0 amide bonds. The monoisotopic (exact) mass is 1000 g/mol. The highest BCUT2D eigenvalue weighted by atomic mass is 16.6. The number of carbonyl (C=O) groups is 3. The fourth-order valence-corrected chi connectivity index (χ4v) is 9.91. The molecular weight excluding hydrogens is 877 g/mol. The molecule has 0 N–H and O–H groups in total. The molecule has 0 aromatic rings. The van der Waals surface area contributed by atoms with Gasteiger partial charge in [0.1, 0.15) is 13.2 Å². The van der Waals surface area contributed by atoms with Gasteiger partial charge in [0.2, 0.25) is 0 Å². The number of hydrogen-bond acceptors (Lipinski definition) is 6. The molecule has 0 saturated carbocycles. The normalized spacial score (nSPS) is 12.0. The third-order valence-corrected chi connectivity index (χ3v) is 14.8. The largest absolute Gasteiger partial charge is 0.462 e. The third-order valence-electron chi connectivity index (χ3n) is 14.8. The van der Waals surface area contributed by atoms with Gasteiger partial charge in [0.05, 0.1) is 0 Å². The number of carbonyl (C=O) groups excluding carboxylic acids is 3. The molecule has 0 saturated heterocycles. The van der Waals surface area contributed by atoms with Gasteiger partial charge in [-0.05, 0) is 44.9 Å². The average molecular weight is 1000 g/mol. The zero-order valence-electron chi connectivity index (χ0n) is 48.3.